The first kappa shape index (κ1) is 16.4. The number of hydrogen-bond donors (Lipinski definition) is 0. The van der Waals surface area contributed by atoms with E-state index in [1.165, 1.54) is 39.9 Å². The average molecular weight is 348 g/mol. The summed E-state index contributed by atoms with van der Waals surface area (Å²) in [6, 6.07) is 9.08. The molecule has 1 heterocycles. The van der Waals surface area contributed by atoms with Crippen LogP contribution in [0.2, 0.25) is 4.34 Å². The van der Waals surface area contributed by atoms with Crippen molar-refractivity contribution in [3.63, 3.8) is 0 Å². The first-order valence-corrected chi connectivity index (χ1v) is 9.17. The molecule has 0 saturated heterocycles. The molecule has 0 aliphatic rings. The van der Waals surface area contributed by atoms with Crippen LogP contribution in [-0.2, 0) is 22.3 Å². The highest BCUT2D eigenvalue weighted by atomic mass is 35.5. The van der Waals surface area contributed by atoms with Crippen molar-refractivity contribution in [2.75, 3.05) is 6.54 Å². The Labute approximate surface area is 133 Å². The van der Waals surface area contributed by atoms with E-state index in [4.69, 9.17) is 11.6 Å². The van der Waals surface area contributed by atoms with Crippen molar-refractivity contribution in [3.8, 4) is 0 Å². The summed E-state index contributed by atoms with van der Waals surface area (Å²) in [5.41, 5.74) is 0.569. The van der Waals surface area contributed by atoms with E-state index in [1.54, 1.807) is 13.0 Å². The zero-order valence-corrected chi connectivity index (χ0v) is 13.8. The second kappa shape index (κ2) is 6.87. The lowest BCUT2D eigenvalue weighted by molar-refractivity contribution is 0.425. The highest BCUT2D eigenvalue weighted by molar-refractivity contribution is 7.88. The van der Waals surface area contributed by atoms with Gasteiger partial charge in [0.2, 0.25) is 10.0 Å². The molecule has 0 unspecified atom stereocenters. The Hall–Kier alpha value is -0.950. The topological polar surface area (TPSA) is 37.4 Å². The molecular weight excluding hydrogens is 333 g/mol. The molecule has 0 aliphatic heterocycles. The highest BCUT2D eigenvalue weighted by Crippen LogP contribution is 2.24. The van der Waals surface area contributed by atoms with E-state index in [9.17, 15) is 12.8 Å². The van der Waals surface area contributed by atoms with Crippen LogP contribution in [0.4, 0.5) is 4.39 Å². The summed E-state index contributed by atoms with van der Waals surface area (Å²) in [6.45, 7) is 2.47. The molecule has 0 atom stereocenters. The fourth-order valence-electron chi connectivity index (χ4n) is 1.90. The van der Waals surface area contributed by atoms with Gasteiger partial charge in [0.1, 0.15) is 5.82 Å². The Kier molecular flexibility index (Phi) is 5.37. The smallest absolute Gasteiger partial charge is 0.212 e. The number of hydrogen-bond acceptors (Lipinski definition) is 3. The molecule has 0 bridgehead atoms. The van der Waals surface area contributed by atoms with Crippen molar-refractivity contribution >= 4 is 33.0 Å². The van der Waals surface area contributed by atoms with Gasteiger partial charge < -0.3 is 0 Å². The van der Waals surface area contributed by atoms with E-state index in [1.807, 2.05) is 6.07 Å². The van der Waals surface area contributed by atoms with Crippen molar-refractivity contribution < 1.29 is 12.8 Å². The Morgan fingerprint density at radius 1 is 1.19 bits per heavy atom. The van der Waals surface area contributed by atoms with E-state index < -0.39 is 10.0 Å². The molecule has 1 aromatic heterocycles. The van der Waals surface area contributed by atoms with Gasteiger partial charge in [-0.25, -0.2) is 12.8 Å². The van der Waals surface area contributed by atoms with Gasteiger partial charge in [-0.1, -0.05) is 30.7 Å². The van der Waals surface area contributed by atoms with Crippen LogP contribution in [0.25, 0.3) is 0 Å². The molecule has 114 valence electrons. The summed E-state index contributed by atoms with van der Waals surface area (Å²) >= 11 is 7.23. The molecular formula is C14H15ClFNO2S2. The van der Waals surface area contributed by atoms with Crippen LogP contribution in [-0.4, -0.2) is 19.3 Å². The molecule has 3 nitrogen and oxygen atoms in total. The third kappa shape index (κ3) is 4.51. The fraction of sp³-hybridized carbons (Fsp3) is 0.286. The van der Waals surface area contributed by atoms with Crippen molar-refractivity contribution in [1.82, 2.24) is 4.31 Å². The van der Waals surface area contributed by atoms with Crippen molar-refractivity contribution in [1.29, 1.82) is 0 Å². The summed E-state index contributed by atoms with van der Waals surface area (Å²) in [5, 5.41) is 0. The minimum absolute atomic E-state index is 0.139. The highest BCUT2D eigenvalue weighted by Gasteiger charge is 2.21. The van der Waals surface area contributed by atoms with Crippen LogP contribution in [0, 0.1) is 5.82 Å². The Balaban J connectivity index is 2.13. The summed E-state index contributed by atoms with van der Waals surface area (Å²) < 4.78 is 39.8. The quantitative estimate of drug-likeness (QED) is 0.795. The van der Waals surface area contributed by atoms with E-state index in [0.717, 1.165) is 4.88 Å². The predicted molar refractivity (Wildman–Crippen MR) is 84.4 cm³/mol. The van der Waals surface area contributed by atoms with Crippen molar-refractivity contribution in [2.45, 2.75) is 19.2 Å². The molecule has 0 fully saturated rings. The maximum Gasteiger partial charge on any atom is 0.218 e. The maximum absolute atomic E-state index is 12.9. The first-order valence-electron chi connectivity index (χ1n) is 6.37. The van der Waals surface area contributed by atoms with Gasteiger partial charge in [0.25, 0.3) is 0 Å². The zero-order chi connectivity index (χ0) is 15.5. The molecule has 2 rings (SSSR count). The van der Waals surface area contributed by atoms with E-state index >= 15 is 0 Å². The average Bonchev–Trinajstić information content (AvgIpc) is 2.84. The first-order chi connectivity index (χ1) is 9.90. The zero-order valence-electron chi connectivity index (χ0n) is 11.4. The van der Waals surface area contributed by atoms with Gasteiger partial charge in [0.15, 0.2) is 0 Å². The molecule has 7 heteroatoms. The van der Waals surface area contributed by atoms with Crippen LogP contribution < -0.4 is 0 Å². The Morgan fingerprint density at radius 2 is 1.86 bits per heavy atom. The Bertz CT molecular complexity index is 698. The van der Waals surface area contributed by atoms with Gasteiger partial charge in [-0.2, -0.15) is 4.31 Å². The number of nitrogens with zero attached hydrogens (tertiary/aromatic N) is 1. The van der Waals surface area contributed by atoms with Gasteiger partial charge in [0.05, 0.1) is 10.1 Å². The molecule has 1 aromatic carbocycles. The number of sulfonamides is 1. The monoisotopic (exact) mass is 347 g/mol. The van der Waals surface area contributed by atoms with Crippen LogP contribution in [0.3, 0.4) is 0 Å². The van der Waals surface area contributed by atoms with Gasteiger partial charge >= 0.3 is 0 Å². The second-order valence-electron chi connectivity index (χ2n) is 4.51. The largest absolute Gasteiger partial charge is 0.218 e. The third-order valence-corrected chi connectivity index (χ3v) is 6.06. The number of halogens is 2. The van der Waals surface area contributed by atoms with Crippen molar-refractivity contribution in [2.24, 2.45) is 0 Å². The maximum atomic E-state index is 12.9. The SMILES string of the molecule is CCN(Cc1ccc(Cl)s1)S(=O)(=O)Cc1ccc(F)cc1. The standard InChI is InChI=1S/C14H15ClFNO2S2/c1-2-17(9-13-7-8-14(15)20-13)21(18,19)10-11-3-5-12(16)6-4-11/h3-8H,2,9-10H2,1H3. The van der Waals surface area contributed by atoms with E-state index in [0.29, 0.717) is 23.0 Å². The lowest BCUT2D eigenvalue weighted by atomic mass is 10.2. The van der Waals surface area contributed by atoms with Crippen LogP contribution in [0.1, 0.15) is 17.4 Å². The van der Waals surface area contributed by atoms with Crippen LogP contribution in [0.5, 0.6) is 0 Å². The summed E-state index contributed by atoms with van der Waals surface area (Å²) in [4.78, 5) is 0.893. The molecule has 0 aliphatic carbocycles. The summed E-state index contributed by atoms with van der Waals surface area (Å²) in [7, 11) is -3.45. The lowest BCUT2D eigenvalue weighted by Crippen LogP contribution is -2.31. The Morgan fingerprint density at radius 3 is 2.38 bits per heavy atom. The van der Waals surface area contributed by atoms with E-state index in [2.05, 4.69) is 0 Å². The van der Waals surface area contributed by atoms with Crippen LogP contribution >= 0.6 is 22.9 Å². The molecule has 0 spiro atoms. The van der Waals surface area contributed by atoms with E-state index in [-0.39, 0.29) is 11.6 Å². The second-order valence-corrected chi connectivity index (χ2v) is 8.28. The van der Waals surface area contributed by atoms with Gasteiger partial charge in [-0.15, -0.1) is 11.3 Å². The fourth-order valence-corrected chi connectivity index (χ4v) is 4.61. The minimum atomic E-state index is -3.45. The molecule has 21 heavy (non-hydrogen) atoms. The lowest BCUT2D eigenvalue weighted by Gasteiger charge is -2.19. The summed E-state index contributed by atoms with van der Waals surface area (Å²) in [5.74, 6) is -0.517. The minimum Gasteiger partial charge on any atom is -0.212 e. The molecule has 0 radical (unpaired) electrons. The molecule has 2 aromatic rings. The summed E-state index contributed by atoms with van der Waals surface area (Å²) in [6.07, 6.45) is 0. The number of benzene rings is 1. The normalized spacial score (nSPS) is 12.0. The molecule has 0 N–H and O–H groups in total. The third-order valence-electron chi connectivity index (χ3n) is 2.97. The van der Waals surface area contributed by atoms with Gasteiger partial charge in [-0.3, -0.25) is 0 Å². The van der Waals surface area contributed by atoms with Gasteiger partial charge in [-0.05, 0) is 29.8 Å². The number of thiophene rings is 1. The molecule has 0 amide bonds. The molecule has 0 saturated carbocycles. The van der Waals surface area contributed by atoms with Crippen molar-refractivity contribution in [3.05, 3.63) is 57.0 Å². The predicted octanol–water partition coefficient (Wildman–Crippen LogP) is 3.89. The van der Waals surface area contributed by atoms with Crippen LogP contribution in [0.15, 0.2) is 36.4 Å². The number of rotatable bonds is 6. The van der Waals surface area contributed by atoms with Gasteiger partial charge in [0, 0.05) is 18.0 Å².